The van der Waals surface area contributed by atoms with Gasteiger partial charge in [-0.2, -0.15) is 0 Å². The van der Waals surface area contributed by atoms with Crippen LogP contribution in [0.5, 0.6) is 0 Å². The normalized spacial score (nSPS) is 22.2. The molecule has 0 aliphatic carbocycles. The van der Waals surface area contributed by atoms with E-state index in [-0.39, 0.29) is 24.9 Å². The maximum atomic E-state index is 10.9. The second-order valence-electron chi connectivity index (χ2n) is 9.33. The Morgan fingerprint density at radius 1 is 0.914 bits per heavy atom. The van der Waals surface area contributed by atoms with Gasteiger partial charge < -0.3 is 25.4 Å². The molecule has 1 heterocycles. The third kappa shape index (κ3) is 6.35. The zero-order chi connectivity index (χ0) is 24.8. The molecule has 0 bridgehead atoms. The van der Waals surface area contributed by atoms with E-state index in [0.717, 1.165) is 27.8 Å². The molecule has 3 aromatic carbocycles. The van der Waals surface area contributed by atoms with Crippen LogP contribution in [0.1, 0.15) is 59.7 Å². The minimum atomic E-state index is -0.595. The molecule has 0 saturated carbocycles. The molecule has 1 fully saturated rings. The van der Waals surface area contributed by atoms with Crippen LogP contribution in [0.4, 0.5) is 0 Å². The number of hydrogen-bond acceptors (Lipinski definition) is 6. The van der Waals surface area contributed by atoms with Crippen LogP contribution in [0.3, 0.4) is 0 Å². The van der Waals surface area contributed by atoms with Crippen molar-refractivity contribution in [2.75, 3.05) is 13.6 Å². The fraction of sp³-hybridized carbons (Fsp3) is 0.379. The van der Waals surface area contributed by atoms with Gasteiger partial charge >= 0.3 is 0 Å². The minimum Gasteiger partial charge on any atom is -0.392 e. The van der Waals surface area contributed by atoms with Gasteiger partial charge in [-0.3, -0.25) is 4.90 Å². The Labute approximate surface area is 207 Å². The molecule has 6 nitrogen and oxygen atoms in total. The second kappa shape index (κ2) is 11.9. The summed E-state index contributed by atoms with van der Waals surface area (Å²) < 4.78 is 12.8. The van der Waals surface area contributed by atoms with Gasteiger partial charge in [-0.25, -0.2) is 0 Å². The fourth-order valence-electron chi connectivity index (χ4n) is 4.50. The summed E-state index contributed by atoms with van der Waals surface area (Å²) in [6, 6.07) is 25.6. The van der Waals surface area contributed by atoms with Crippen LogP contribution >= 0.6 is 0 Å². The number of nitrogens with two attached hydrogens (primary N) is 1. The fourth-order valence-corrected chi connectivity index (χ4v) is 4.50. The number of likely N-dealkylation sites (N-methyl/N-ethyl adjacent to an activating group) is 1. The second-order valence-corrected chi connectivity index (χ2v) is 9.33. The molecule has 35 heavy (non-hydrogen) atoms. The summed E-state index contributed by atoms with van der Waals surface area (Å²) in [5, 5.41) is 20.3. The van der Waals surface area contributed by atoms with E-state index in [4.69, 9.17) is 15.2 Å². The average Bonchev–Trinajstić information content (AvgIpc) is 2.92. The van der Waals surface area contributed by atoms with E-state index in [1.165, 1.54) is 0 Å². The number of aliphatic hydroxyl groups excluding tert-OH is 2. The Morgan fingerprint density at radius 3 is 2.17 bits per heavy atom. The van der Waals surface area contributed by atoms with Crippen LogP contribution in [0.25, 0.3) is 0 Å². The lowest BCUT2D eigenvalue weighted by Gasteiger charge is -2.39. The molecule has 3 aromatic rings. The summed E-state index contributed by atoms with van der Waals surface area (Å²) in [7, 11) is 2.02. The largest absolute Gasteiger partial charge is 0.392 e. The summed E-state index contributed by atoms with van der Waals surface area (Å²) in [6.07, 6.45) is -0.661. The summed E-state index contributed by atoms with van der Waals surface area (Å²) in [6.45, 7) is 3.18. The molecule has 1 aliphatic rings. The van der Waals surface area contributed by atoms with Gasteiger partial charge in [0.15, 0.2) is 6.29 Å². The third-order valence-corrected chi connectivity index (χ3v) is 6.89. The predicted molar refractivity (Wildman–Crippen MR) is 136 cm³/mol. The lowest BCUT2D eigenvalue weighted by molar-refractivity contribution is -0.253. The number of ether oxygens (including phenoxy) is 2. The molecule has 0 spiro atoms. The van der Waals surface area contributed by atoms with Gasteiger partial charge in [0.1, 0.15) is 0 Å². The first-order valence-electron chi connectivity index (χ1n) is 12.2. The maximum Gasteiger partial charge on any atom is 0.184 e. The summed E-state index contributed by atoms with van der Waals surface area (Å²) in [5.41, 5.74) is 10.6. The molecule has 0 amide bonds. The summed E-state index contributed by atoms with van der Waals surface area (Å²) >= 11 is 0. The Hall–Kier alpha value is -2.58. The molecule has 0 aromatic heterocycles. The molecule has 6 heteroatoms. The van der Waals surface area contributed by atoms with Crippen LogP contribution in [-0.2, 0) is 22.6 Å². The third-order valence-electron chi connectivity index (χ3n) is 6.89. The smallest absolute Gasteiger partial charge is 0.184 e. The van der Waals surface area contributed by atoms with Crippen LogP contribution in [0.2, 0.25) is 0 Å². The van der Waals surface area contributed by atoms with Crippen molar-refractivity contribution in [1.29, 1.82) is 0 Å². The highest BCUT2D eigenvalue weighted by molar-refractivity contribution is 5.26. The Kier molecular flexibility index (Phi) is 8.68. The van der Waals surface area contributed by atoms with E-state index in [1.807, 2.05) is 92.8 Å². The van der Waals surface area contributed by atoms with E-state index >= 15 is 0 Å². The van der Waals surface area contributed by atoms with E-state index in [2.05, 4.69) is 4.90 Å². The lowest BCUT2D eigenvalue weighted by atomic mass is 9.98. The van der Waals surface area contributed by atoms with E-state index in [1.54, 1.807) is 0 Å². The number of aliphatic hydroxyl groups is 2. The van der Waals surface area contributed by atoms with E-state index < -0.39 is 12.4 Å². The van der Waals surface area contributed by atoms with Crippen molar-refractivity contribution in [3.8, 4) is 0 Å². The minimum absolute atomic E-state index is 0.0140. The first-order valence-corrected chi connectivity index (χ1v) is 12.2. The van der Waals surface area contributed by atoms with Gasteiger partial charge in [0, 0.05) is 31.1 Å². The molecule has 0 unspecified atom stereocenters. The molecule has 1 saturated heterocycles. The maximum absolute atomic E-state index is 10.9. The zero-order valence-corrected chi connectivity index (χ0v) is 20.5. The highest BCUT2D eigenvalue weighted by atomic mass is 16.7. The zero-order valence-electron chi connectivity index (χ0n) is 20.5. The lowest BCUT2D eigenvalue weighted by Crippen LogP contribution is -2.43. The van der Waals surface area contributed by atoms with E-state index in [9.17, 15) is 10.2 Å². The van der Waals surface area contributed by atoms with Gasteiger partial charge in [-0.05, 0) is 36.2 Å². The van der Waals surface area contributed by atoms with Crippen molar-refractivity contribution in [3.63, 3.8) is 0 Å². The van der Waals surface area contributed by atoms with Crippen molar-refractivity contribution >= 4 is 0 Å². The van der Waals surface area contributed by atoms with Crippen molar-refractivity contribution in [2.24, 2.45) is 5.73 Å². The first-order chi connectivity index (χ1) is 17.0. The van der Waals surface area contributed by atoms with Gasteiger partial charge in [-0.1, -0.05) is 78.9 Å². The number of benzene rings is 3. The molecule has 5 atom stereocenters. The molecular weight excluding hydrogens is 440 g/mol. The highest BCUT2D eigenvalue weighted by Crippen LogP contribution is 2.38. The number of hydrogen-bond donors (Lipinski definition) is 3. The van der Waals surface area contributed by atoms with Crippen LogP contribution in [0, 0.1) is 0 Å². The summed E-state index contributed by atoms with van der Waals surface area (Å²) in [5.74, 6) is 0. The van der Waals surface area contributed by atoms with Gasteiger partial charge in [-0.15, -0.1) is 0 Å². The number of nitrogens with zero attached hydrogens (tertiary/aromatic N) is 1. The number of rotatable bonds is 9. The Bertz CT molecular complexity index is 987. The van der Waals surface area contributed by atoms with Gasteiger partial charge in [0.05, 0.1) is 24.9 Å². The predicted octanol–water partition coefficient (Wildman–Crippen LogP) is 4.24. The van der Waals surface area contributed by atoms with Gasteiger partial charge in [0.25, 0.3) is 0 Å². The Morgan fingerprint density at radius 2 is 1.54 bits per heavy atom. The quantitative estimate of drug-likeness (QED) is 0.428. The molecule has 4 rings (SSSR count). The Balaban J connectivity index is 1.51. The monoisotopic (exact) mass is 476 g/mol. The molecular formula is C29H36N2O4. The standard InChI is InChI=1S/C29H36N2O4/c1-20(28(33)24-6-4-3-5-7-24)31(2)18-26-16-27(23-12-10-22(19-32)11-13-23)35-29(34-26)25-14-8-21(17-30)9-15-25/h3-15,20,26-29,32-33H,16-19,30H2,1-2H3/t20-,26+,27-,28-,29-/m1/s1. The SMILES string of the molecule is C[C@H]([C@@H](O)c1ccccc1)N(C)C[C@@H]1C[C@H](c2ccc(CO)cc2)O[C@H](c2ccc(CN)cc2)O1. The summed E-state index contributed by atoms with van der Waals surface area (Å²) in [4.78, 5) is 2.15. The van der Waals surface area contributed by atoms with Crippen molar-refractivity contribution < 1.29 is 19.7 Å². The van der Waals surface area contributed by atoms with Crippen molar-refractivity contribution in [1.82, 2.24) is 4.90 Å². The van der Waals surface area contributed by atoms with E-state index in [0.29, 0.717) is 19.5 Å². The first kappa shape index (κ1) is 25.5. The van der Waals surface area contributed by atoms with Gasteiger partial charge in [0.2, 0.25) is 0 Å². The molecule has 186 valence electrons. The van der Waals surface area contributed by atoms with Crippen molar-refractivity contribution in [2.45, 2.75) is 57.1 Å². The van der Waals surface area contributed by atoms with Crippen molar-refractivity contribution in [3.05, 3.63) is 107 Å². The highest BCUT2D eigenvalue weighted by Gasteiger charge is 2.34. The topological polar surface area (TPSA) is 88.2 Å². The molecule has 0 radical (unpaired) electrons. The van der Waals surface area contributed by atoms with Crippen LogP contribution in [-0.4, -0.2) is 40.9 Å². The average molecular weight is 477 g/mol. The molecule has 1 aliphatic heterocycles. The van der Waals surface area contributed by atoms with Crippen LogP contribution in [0.15, 0.2) is 78.9 Å². The van der Waals surface area contributed by atoms with Crippen LogP contribution < -0.4 is 5.73 Å². The molecule has 4 N–H and O–H groups in total.